The number of hydrogen-bond acceptors (Lipinski definition) is 3. The molecule has 0 aliphatic rings. The third-order valence-corrected chi connectivity index (χ3v) is 3.18. The molecule has 3 rings (SSSR count). The Hall–Kier alpha value is -3.08. The molecule has 1 heterocycles. The number of nitrogens with one attached hydrogen (secondary N) is 1. The molecule has 3 amide bonds. The number of carbonyl (C=O) groups excluding carboxylic acids is 2. The first-order valence-corrected chi connectivity index (χ1v) is 6.80. The number of benzene rings is 2. The first-order chi connectivity index (χ1) is 10.6. The second kappa shape index (κ2) is 5.73. The van der Waals surface area contributed by atoms with Crippen LogP contribution in [0, 0.1) is 0 Å². The average Bonchev–Trinajstić information content (AvgIpc) is 2.91. The first kappa shape index (κ1) is 13.9. The van der Waals surface area contributed by atoms with E-state index in [-0.39, 0.29) is 5.88 Å². The molecular weight excluding hydrogens is 280 g/mol. The maximum absolute atomic E-state index is 12.4. The second-order valence-electron chi connectivity index (χ2n) is 4.77. The summed E-state index contributed by atoms with van der Waals surface area (Å²) >= 11 is 0. The Labute approximate surface area is 127 Å². The zero-order valence-electron chi connectivity index (χ0n) is 11.9. The molecule has 5 heteroatoms. The molecule has 0 saturated heterocycles. The van der Waals surface area contributed by atoms with Crippen LogP contribution < -0.4 is 10.2 Å². The number of urea groups is 1. The maximum atomic E-state index is 12.4. The van der Waals surface area contributed by atoms with E-state index in [1.54, 1.807) is 36.4 Å². The van der Waals surface area contributed by atoms with Gasteiger partial charge in [0.25, 0.3) is 0 Å². The van der Waals surface area contributed by atoms with E-state index in [1.165, 1.54) is 6.92 Å². The molecule has 0 bridgehead atoms. The third-order valence-electron chi connectivity index (χ3n) is 3.18. The summed E-state index contributed by atoms with van der Waals surface area (Å²) in [6.45, 7) is 1.32. The van der Waals surface area contributed by atoms with Crippen LogP contribution in [0.5, 0.6) is 0 Å². The lowest BCUT2D eigenvalue weighted by atomic mass is 10.2. The Bertz CT molecular complexity index is 791. The van der Waals surface area contributed by atoms with Crippen molar-refractivity contribution in [1.82, 2.24) is 0 Å². The second-order valence-corrected chi connectivity index (χ2v) is 4.77. The monoisotopic (exact) mass is 294 g/mol. The highest BCUT2D eigenvalue weighted by Gasteiger charge is 2.23. The highest BCUT2D eigenvalue weighted by molar-refractivity contribution is 6.17. The molecule has 22 heavy (non-hydrogen) atoms. The Morgan fingerprint density at radius 2 is 1.68 bits per heavy atom. The van der Waals surface area contributed by atoms with E-state index >= 15 is 0 Å². The van der Waals surface area contributed by atoms with Gasteiger partial charge in [-0.25, -0.2) is 9.69 Å². The smallest absolute Gasteiger partial charge is 0.335 e. The summed E-state index contributed by atoms with van der Waals surface area (Å²) in [6.07, 6.45) is 0. The van der Waals surface area contributed by atoms with Crippen molar-refractivity contribution in [2.24, 2.45) is 0 Å². The van der Waals surface area contributed by atoms with Gasteiger partial charge in [-0.15, -0.1) is 0 Å². The van der Waals surface area contributed by atoms with Gasteiger partial charge in [0, 0.05) is 24.1 Å². The summed E-state index contributed by atoms with van der Waals surface area (Å²) in [4.78, 5) is 25.2. The predicted octanol–water partition coefficient (Wildman–Crippen LogP) is 4.02. The minimum atomic E-state index is -0.558. The molecule has 0 saturated carbocycles. The van der Waals surface area contributed by atoms with Gasteiger partial charge in [-0.3, -0.25) is 4.79 Å². The number of amides is 3. The lowest BCUT2D eigenvalue weighted by Gasteiger charge is -2.16. The van der Waals surface area contributed by atoms with Crippen LogP contribution in [0.3, 0.4) is 0 Å². The van der Waals surface area contributed by atoms with Gasteiger partial charge in [0.15, 0.2) is 0 Å². The molecule has 1 N–H and O–H groups in total. The largest absolute Gasteiger partial charge is 0.440 e. The van der Waals surface area contributed by atoms with Crippen molar-refractivity contribution in [3.63, 3.8) is 0 Å². The average molecular weight is 294 g/mol. The van der Waals surface area contributed by atoms with Gasteiger partial charge >= 0.3 is 6.03 Å². The number of hydrogen-bond donors (Lipinski definition) is 1. The number of imide groups is 1. The van der Waals surface area contributed by atoms with Crippen molar-refractivity contribution in [2.45, 2.75) is 6.92 Å². The predicted molar refractivity (Wildman–Crippen MR) is 84.8 cm³/mol. The molecule has 0 aliphatic carbocycles. The molecule has 0 spiro atoms. The SMILES string of the molecule is CC(=O)N(C(=O)Nc1ccccc1)c1cc2ccccc2o1. The molecule has 0 fully saturated rings. The van der Waals surface area contributed by atoms with Gasteiger partial charge in [-0.05, 0) is 18.2 Å². The van der Waals surface area contributed by atoms with E-state index in [2.05, 4.69) is 5.32 Å². The maximum Gasteiger partial charge on any atom is 0.335 e. The van der Waals surface area contributed by atoms with Crippen LogP contribution in [0.25, 0.3) is 11.0 Å². The molecule has 0 aliphatic heterocycles. The van der Waals surface area contributed by atoms with Crippen molar-refractivity contribution in [2.75, 3.05) is 10.2 Å². The molecule has 0 atom stereocenters. The van der Waals surface area contributed by atoms with Gasteiger partial charge < -0.3 is 9.73 Å². The van der Waals surface area contributed by atoms with E-state index in [0.29, 0.717) is 11.3 Å². The number of rotatable bonds is 2. The zero-order chi connectivity index (χ0) is 15.5. The fourth-order valence-corrected chi connectivity index (χ4v) is 2.18. The van der Waals surface area contributed by atoms with Crippen LogP contribution in [0.1, 0.15) is 6.92 Å². The Morgan fingerprint density at radius 1 is 1.00 bits per heavy atom. The van der Waals surface area contributed by atoms with E-state index < -0.39 is 11.9 Å². The van der Waals surface area contributed by atoms with E-state index in [9.17, 15) is 9.59 Å². The summed E-state index contributed by atoms with van der Waals surface area (Å²) in [5.74, 6) is -0.227. The highest BCUT2D eigenvalue weighted by atomic mass is 16.4. The molecule has 1 aromatic heterocycles. The summed E-state index contributed by atoms with van der Waals surface area (Å²) in [5, 5.41) is 3.50. The minimum Gasteiger partial charge on any atom is -0.440 e. The van der Waals surface area contributed by atoms with Crippen molar-refractivity contribution in [3.8, 4) is 0 Å². The van der Waals surface area contributed by atoms with Crippen molar-refractivity contribution in [3.05, 3.63) is 60.7 Å². The molecular formula is C17H14N2O3. The minimum absolute atomic E-state index is 0.196. The summed E-state index contributed by atoms with van der Waals surface area (Å²) in [6, 6.07) is 17.4. The van der Waals surface area contributed by atoms with Crippen molar-refractivity contribution in [1.29, 1.82) is 0 Å². The van der Waals surface area contributed by atoms with Crippen LogP contribution in [-0.4, -0.2) is 11.9 Å². The quantitative estimate of drug-likeness (QED) is 0.776. The normalized spacial score (nSPS) is 10.4. The summed E-state index contributed by atoms with van der Waals surface area (Å²) in [5.41, 5.74) is 1.23. The van der Waals surface area contributed by atoms with Crippen LogP contribution >= 0.6 is 0 Å². The third kappa shape index (κ3) is 2.69. The van der Waals surface area contributed by atoms with E-state index in [0.717, 1.165) is 10.3 Å². The van der Waals surface area contributed by atoms with Crippen LogP contribution in [0.4, 0.5) is 16.4 Å². The van der Waals surface area contributed by atoms with Gasteiger partial charge in [0.1, 0.15) is 5.58 Å². The van der Waals surface area contributed by atoms with Crippen LogP contribution in [0.15, 0.2) is 65.1 Å². The molecule has 3 aromatic rings. The van der Waals surface area contributed by atoms with Gasteiger partial charge in [0.2, 0.25) is 11.8 Å². The van der Waals surface area contributed by atoms with Crippen LogP contribution in [0.2, 0.25) is 0 Å². The Balaban J connectivity index is 1.92. The van der Waals surface area contributed by atoms with Crippen molar-refractivity contribution >= 4 is 34.5 Å². The number of anilines is 2. The molecule has 5 nitrogen and oxygen atoms in total. The first-order valence-electron chi connectivity index (χ1n) is 6.80. The number of carbonyl (C=O) groups is 2. The standard InChI is InChI=1S/C17H14N2O3/c1-12(20)19(17(21)18-14-8-3-2-4-9-14)16-11-13-7-5-6-10-15(13)22-16/h2-11H,1H3,(H,18,21). The van der Waals surface area contributed by atoms with Gasteiger partial charge in [-0.2, -0.15) is 0 Å². The molecule has 2 aromatic carbocycles. The lowest BCUT2D eigenvalue weighted by Crippen LogP contribution is -2.38. The van der Waals surface area contributed by atoms with Crippen LogP contribution in [-0.2, 0) is 4.79 Å². The number of fused-ring (bicyclic) bond motifs is 1. The van der Waals surface area contributed by atoms with Gasteiger partial charge in [-0.1, -0.05) is 36.4 Å². The fourth-order valence-electron chi connectivity index (χ4n) is 2.18. The number of furan rings is 1. The molecule has 0 radical (unpaired) electrons. The topological polar surface area (TPSA) is 62.6 Å². The number of para-hydroxylation sites is 2. The number of nitrogens with zero attached hydrogens (tertiary/aromatic N) is 1. The lowest BCUT2D eigenvalue weighted by molar-refractivity contribution is -0.115. The zero-order valence-corrected chi connectivity index (χ0v) is 11.9. The molecule has 0 unspecified atom stereocenters. The van der Waals surface area contributed by atoms with E-state index in [4.69, 9.17) is 4.42 Å². The summed E-state index contributed by atoms with van der Waals surface area (Å²) < 4.78 is 5.59. The Kier molecular flexibility index (Phi) is 3.62. The summed E-state index contributed by atoms with van der Waals surface area (Å²) in [7, 11) is 0. The molecule has 110 valence electrons. The van der Waals surface area contributed by atoms with E-state index in [1.807, 2.05) is 24.3 Å². The van der Waals surface area contributed by atoms with Gasteiger partial charge in [0.05, 0.1) is 0 Å². The van der Waals surface area contributed by atoms with Crippen molar-refractivity contribution < 1.29 is 14.0 Å². The Morgan fingerprint density at radius 3 is 2.36 bits per heavy atom. The highest BCUT2D eigenvalue weighted by Crippen LogP contribution is 2.26. The fraction of sp³-hybridized carbons (Fsp3) is 0.0588.